The molecule has 0 spiro atoms. The molecule has 25 heavy (non-hydrogen) atoms. The highest BCUT2D eigenvalue weighted by atomic mass is 32.2. The smallest absolute Gasteiger partial charge is 0.340 e. The number of amides is 1. The average molecular weight is 365 g/mol. The van der Waals surface area contributed by atoms with Gasteiger partial charge in [-0.1, -0.05) is 12.1 Å². The minimum absolute atomic E-state index is 0.00316. The molecule has 1 aromatic carbocycles. The number of rotatable bonds is 6. The number of hydrogen-bond acceptors (Lipinski definition) is 6. The van der Waals surface area contributed by atoms with E-state index in [9.17, 15) is 23.3 Å². The van der Waals surface area contributed by atoms with Crippen molar-refractivity contribution in [3.05, 3.63) is 29.8 Å². The van der Waals surface area contributed by atoms with Gasteiger partial charge in [-0.25, -0.2) is 13.2 Å². The van der Waals surface area contributed by atoms with Gasteiger partial charge in [0.25, 0.3) is 5.91 Å². The van der Waals surface area contributed by atoms with Crippen molar-refractivity contribution >= 4 is 27.6 Å². The first-order valence-corrected chi connectivity index (χ1v) is 9.60. The van der Waals surface area contributed by atoms with Gasteiger partial charge in [-0.3, -0.25) is 9.52 Å². The van der Waals surface area contributed by atoms with Gasteiger partial charge in [0, 0.05) is 0 Å². The van der Waals surface area contributed by atoms with E-state index in [1.54, 1.807) is 12.1 Å². The number of benzene rings is 1. The molecule has 0 radical (unpaired) electrons. The summed E-state index contributed by atoms with van der Waals surface area (Å²) in [7, 11) is -3.56. The Morgan fingerprint density at radius 3 is 2.52 bits per heavy atom. The third-order valence-electron chi connectivity index (χ3n) is 3.83. The molecule has 1 saturated carbocycles. The number of nitrogens with one attached hydrogen (secondary N) is 2. The van der Waals surface area contributed by atoms with Crippen LogP contribution < -0.4 is 10.0 Å². The number of hydrogen-bond donors (Lipinski definition) is 2. The Labute approximate surface area is 146 Å². The van der Waals surface area contributed by atoms with E-state index in [0.29, 0.717) is 12.8 Å². The van der Waals surface area contributed by atoms with Crippen LogP contribution in [-0.4, -0.2) is 38.7 Å². The lowest BCUT2D eigenvalue weighted by atomic mass is 10.00. The normalized spacial score (nSPS) is 15.8. The number of carbonyl (C=O) groups excluding carboxylic acids is 2. The van der Waals surface area contributed by atoms with Crippen molar-refractivity contribution in [1.29, 1.82) is 5.26 Å². The topological polar surface area (TPSA) is 125 Å². The lowest BCUT2D eigenvalue weighted by Crippen LogP contribution is -2.46. The molecule has 0 saturated heterocycles. The van der Waals surface area contributed by atoms with Gasteiger partial charge in [-0.05, 0) is 37.8 Å². The Morgan fingerprint density at radius 1 is 1.28 bits per heavy atom. The largest absolute Gasteiger partial charge is 0.452 e. The molecule has 1 aromatic rings. The van der Waals surface area contributed by atoms with Crippen LogP contribution in [0.2, 0.25) is 0 Å². The molecule has 1 fully saturated rings. The summed E-state index contributed by atoms with van der Waals surface area (Å²) in [5, 5.41) is 11.8. The third-order valence-corrected chi connectivity index (χ3v) is 4.42. The fourth-order valence-electron chi connectivity index (χ4n) is 2.70. The van der Waals surface area contributed by atoms with Crippen molar-refractivity contribution in [3.8, 4) is 6.07 Å². The quantitative estimate of drug-likeness (QED) is 0.729. The van der Waals surface area contributed by atoms with Gasteiger partial charge in [0.2, 0.25) is 10.0 Å². The summed E-state index contributed by atoms with van der Waals surface area (Å²) < 4.78 is 29.9. The fourth-order valence-corrected chi connectivity index (χ4v) is 3.28. The van der Waals surface area contributed by atoms with E-state index in [4.69, 9.17) is 4.74 Å². The van der Waals surface area contributed by atoms with Gasteiger partial charge in [-0.2, -0.15) is 5.26 Å². The van der Waals surface area contributed by atoms with Gasteiger partial charge < -0.3 is 10.1 Å². The number of carbonyl (C=O) groups is 2. The third kappa shape index (κ3) is 5.19. The maximum atomic E-state index is 12.1. The van der Waals surface area contributed by atoms with E-state index >= 15 is 0 Å². The number of nitriles is 1. The highest BCUT2D eigenvalue weighted by Gasteiger charge is 2.35. The van der Waals surface area contributed by atoms with Crippen LogP contribution in [0.15, 0.2) is 24.3 Å². The van der Waals surface area contributed by atoms with Gasteiger partial charge in [0.05, 0.1) is 23.6 Å². The predicted molar refractivity (Wildman–Crippen MR) is 90.1 cm³/mol. The first kappa shape index (κ1) is 18.7. The van der Waals surface area contributed by atoms with Crippen LogP contribution in [0.25, 0.3) is 0 Å². The van der Waals surface area contributed by atoms with Crippen LogP contribution in [0.5, 0.6) is 0 Å². The Bertz CT molecular complexity index is 807. The lowest BCUT2D eigenvalue weighted by Gasteiger charge is -2.21. The van der Waals surface area contributed by atoms with Crippen LogP contribution in [0.4, 0.5) is 5.69 Å². The summed E-state index contributed by atoms with van der Waals surface area (Å²) in [5.41, 5.74) is -0.824. The first-order chi connectivity index (χ1) is 11.7. The maximum absolute atomic E-state index is 12.1. The molecule has 0 aromatic heterocycles. The molecule has 1 amide bonds. The molecule has 0 aliphatic heterocycles. The van der Waals surface area contributed by atoms with Crippen molar-refractivity contribution in [2.45, 2.75) is 31.2 Å². The van der Waals surface area contributed by atoms with Crippen LogP contribution in [-0.2, 0) is 19.6 Å². The summed E-state index contributed by atoms with van der Waals surface area (Å²) >= 11 is 0. The summed E-state index contributed by atoms with van der Waals surface area (Å²) in [5.74, 6) is -1.40. The molecule has 0 atom stereocenters. The number of para-hydroxylation sites is 1. The van der Waals surface area contributed by atoms with E-state index in [2.05, 4.69) is 16.1 Å². The Balaban J connectivity index is 1.99. The Kier molecular flexibility index (Phi) is 5.64. The zero-order valence-corrected chi connectivity index (χ0v) is 14.6. The number of anilines is 1. The summed E-state index contributed by atoms with van der Waals surface area (Å²) in [6.07, 6.45) is 3.83. The average Bonchev–Trinajstić information content (AvgIpc) is 3.00. The van der Waals surface area contributed by atoms with Gasteiger partial charge in [-0.15, -0.1) is 0 Å². The monoisotopic (exact) mass is 365 g/mol. The highest BCUT2D eigenvalue weighted by molar-refractivity contribution is 7.92. The number of esters is 1. The SMILES string of the molecule is CS(=O)(=O)Nc1ccccc1C(=O)OCC(=O)NC1(C#N)CCCC1. The second-order valence-electron chi connectivity index (χ2n) is 5.95. The minimum Gasteiger partial charge on any atom is -0.452 e. The minimum atomic E-state index is -3.56. The fraction of sp³-hybridized carbons (Fsp3) is 0.438. The molecule has 134 valence electrons. The van der Waals surface area contributed by atoms with Crippen molar-refractivity contribution in [3.63, 3.8) is 0 Å². The van der Waals surface area contributed by atoms with E-state index in [1.807, 2.05) is 0 Å². The Morgan fingerprint density at radius 2 is 1.92 bits per heavy atom. The molecule has 2 N–H and O–H groups in total. The van der Waals surface area contributed by atoms with Crippen LogP contribution >= 0.6 is 0 Å². The first-order valence-electron chi connectivity index (χ1n) is 7.71. The van der Waals surface area contributed by atoms with E-state index in [0.717, 1.165) is 19.1 Å². The van der Waals surface area contributed by atoms with Gasteiger partial charge in [0.1, 0.15) is 5.54 Å². The lowest BCUT2D eigenvalue weighted by molar-refractivity contribution is -0.125. The van der Waals surface area contributed by atoms with Crippen LogP contribution in [0, 0.1) is 11.3 Å². The standard InChI is InChI=1S/C16H19N3O5S/c1-25(22,23)19-13-7-3-2-6-12(13)15(21)24-10-14(20)18-16(11-17)8-4-5-9-16/h2-3,6-7,19H,4-5,8-10H2,1H3,(H,18,20). The number of sulfonamides is 1. The summed E-state index contributed by atoms with van der Waals surface area (Å²) in [6.45, 7) is -0.546. The van der Waals surface area contributed by atoms with E-state index < -0.39 is 34.0 Å². The van der Waals surface area contributed by atoms with Crippen molar-refractivity contribution in [1.82, 2.24) is 5.32 Å². The van der Waals surface area contributed by atoms with E-state index in [1.165, 1.54) is 12.1 Å². The molecule has 8 nitrogen and oxygen atoms in total. The molecule has 0 unspecified atom stereocenters. The summed E-state index contributed by atoms with van der Waals surface area (Å²) in [4.78, 5) is 24.1. The predicted octanol–water partition coefficient (Wildman–Crippen LogP) is 1.17. The molecule has 9 heteroatoms. The van der Waals surface area contributed by atoms with Crippen LogP contribution in [0.3, 0.4) is 0 Å². The van der Waals surface area contributed by atoms with Gasteiger partial charge in [0.15, 0.2) is 6.61 Å². The molecule has 1 aliphatic rings. The zero-order chi connectivity index (χ0) is 18.5. The van der Waals surface area contributed by atoms with Crippen molar-refractivity contribution in [2.75, 3.05) is 17.6 Å². The van der Waals surface area contributed by atoms with Crippen molar-refractivity contribution in [2.24, 2.45) is 0 Å². The maximum Gasteiger partial charge on any atom is 0.340 e. The molecular weight excluding hydrogens is 346 g/mol. The number of ether oxygens (including phenoxy) is 1. The molecule has 0 heterocycles. The van der Waals surface area contributed by atoms with E-state index in [-0.39, 0.29) is 11.3 Å². The molecule has 1 aliphatic carbocycles. The second kappa shape index (κ2) is 7.53. The molecule has 2 rings (SSSR count). The second-order valence-corrected chi connectivity index (χ2v) is 7.69. The number of nitrogens with zero attached hydrogens (tertiary/aromatic N) is 1. The summed E-state index contributed by atoms with van der Waals surface area (Å²) in [6, 6.07) is 8.03. The molecule has 0 bridgehead atoms. The zero-order valence-electron chi connectivity index (χ0n) is 13.7. The van der Waals surface area contributed by atoms with Crippen molar-refractivity contribution < 1.29 is 22.7 Å². The molecular formula is C16H19N3O5S. The highest BCUT2D eigenvalue weighted by Crippen LogP contribution is 2.28. The van der Waals surface area contributed by atoms with Crippen LogP contribution in [0.1, 0.15) is 36.0 Å². The Hall–Kier alpha value is -2.60. The van der Waals surface area contributed by atoms with Gasteiger partial charge >= 0.3 is 5.97 Å².